The number of benzene rings is 4. The Morgan fingerprint density at radius 2 is 1.58 bits per heavy atom. The molecule has 0 aliphatic carbocycles. The van der Waals surface area contributed by atoms with E-state index in [4.69, 9.17) is 4.74 Å². The summed E-state index contributed by atoms with van der Waals surface area (Å²) in [5.41, 5.74) is 1.78. The third-order valence-electron chi connectivity index (χ3n) is 5.43. The van der Waals surface area contributed by atoms with Crippen molar-refractivity contribution in [3.8, 4) is 11.5 Å². The van der Waals surface area contributed by atoms with Gasteiger partial charge in [0.1, 0.15) is 22.2 Å². The molecule has 0 unspecified atom stereocenters. The van der Waals surface area contributed by atoms with Crippen molar-refractivity contribution in [2.45, 2.75) is 18.7 Å². The second-order valence-electron chi connectivity index (χ2n) is 8.05. The molecule has 6 nitrogen and oxygen atoms in total. The molecule has 1 N–H and O–H groups in total. The standard InChI is InChI=1S/C28H25FN2O4S/c1-3-31(23-9-7-8-20(2)18-23)36(33,34)27-19-21(12-17-26(27)29)28(32)30-22-13-15-25(16-14-22)35-24-10-5-4-6-11-24/h4-19H,3H2,1-2H3,(H,30,32). The van der Waals surface area contributed by atoms with E-state index < -0.39 is 26.6 Å². The number of hydrogen-bond donors (Lipinski definition) is 1. The summed E-state index contributed by atoms with van der Waals surface area (Å²) >= 11 is 0. The molecule has 0 aliphatic heterocycles. The fourth-order valence-electron chi connectivity index (χ4n) is 3.67. The monoisotopic (exact) mass is 504 g/mol. The number of halogens is 1. The molecule has 0 radical (unpaired) electrons. The molecule has 0 fully saturated rings. The number of nitrogens with one attached hydrogen (secondary N) is 1. The minimum atomic E-state index is -4.25. The maximum Gasteiger partial charge on any atom is 0.267 e. The molecule has 0 heterocycles. The summed E-state index contributed by atoms with van der Waals surface area (Å²) in [6, 6.07) is 26.2. The zero-order valence-electron chi connectivity index (χ0n) is 19.8. The lowest BCUT2D eigenvalue weighted by atomic mass is 10.2. The van der Waals surface area contributed by atoms with Gasteiger partial charge in [-0.2, -0.15) is 0 Å². The zero-order chi connectivity index (χ0) is 25.7. The second kappa shape index (κ2) is 10.6. The first-order valence-corrected chi connectivity index (χ1v) is 12.7. The predicted molar refractivity (Wildman–Crippen MR) is 139 cm³/mol. The van der Waals surface area contributed by atoms with Crippen LogP contribution in [0.2, 0.25) is 0 Å². The van der Waals surface area contributed by atoms with Crippen LogP contribution in [0.5, 0.6) is 11.5 Å². The summed E-state index contributed by atoms with van der Waals surface area (Å²) in [4.78, 5) is 12.3. The molecular formula is C28H25FN2O4S. The topological polar surface area (TPSA) is 75.7 Å². The van der Waals surface area contributed by atoms with Crippen LogP contribution in [0, 0.1) is 12.7 Å². The number of amides is 1. The molecular weight excluding hydrogens is 479 g/mol. The minimum absolute atomic E-state index is 0.0138. The van der Waals surface area contributed by atoms with Crippen LogP contribution in [0.3, 0.4) is 0 Å². The van der Waals surface area contributed by atoms with Gasteiger partial charge in [0.2, 0.25) is 0 Å². The smallest absolute Gasteiger partial charge is 0.267 e. The molecule has 0 bridgehead atoms. The lowest BCUT2D eigenvalue weighted by Crippen LogP contribution is -2.31. The summed E-state index contributed by atoms with van der Waals surface area (Å²) in [6.45, 7) is 3.61. The van der Waals surface area contributed by atoms with Crippen molar-refractivity contribution < 1.29 is 22.3 Å². The summed E-state index contributed by atoms with van der Waals surface area (Å²) in [6.07, 6.45) is 0. The molecule has 0 spiro atoms. The van der Waals surface area contributed by atoms with Gasteiger partial charge in [-0.05, 0) is 86.1 Å². The van der Waals surface area contributed by atoms with Crippen LogP contribution in [0.25, 0.3) is 0 Å². The average Bonchev–Trinajstić information content (AvgIpc) is 2.86. The van der Waals surface area contributed by atoms with Gasteiger partial charge in [-0.1, -0.05) is 30.3 Å². The molecule has 0 aliphatic rings. The van der Waals surface area contributed by atoms with Crippen molar-refractivity contribution in [2.24, 2.45) is 0 Å². The van der Waals surface area contributed by atoms with E-state index in [0.717, 1.165) is 22.0 Å². The molecule has 0 atom stereocenters. The first-order valence-electron chi connectivity index (χ1n) is 11.3. The number of anilines is 2. The highest BCUT2D eigenvalue weighted by Crippen LogP contribution is 2.27. The van der Waals surface area contributed by atoms with E-state index >= 15 is 0 Å². The summed E-state index contributed by atoms with van der Waals surface area (Å²) in [5, 5.41) is 2.70. The van der Waals surface area contributed by atoms with E-state index in [1.165, 1.54) is 6.07 Å². The Kier molecular flexibility index (Phi) is 7.36. The number of carbonyl (C=O) groups excluding carboxylic acids is 1. The van der Waals surface area contributed by atoms with E-state index in [9.17, 15) is 17.6 Å². The van der Waals surface area contributed by atoms with Gasteiger partial charge in [0.15, 0.2) is 0 Å². The van der Waals surface area contributed by atoms with Crippen molar-refractivity contribution in [3.63, 3.8) is 0 Å². The van der Waals surface area contributed by atoms with Crippen molar-refractivity contribution in [1.82, 2.24) is 0 Å². The number of sulfonamides is 1. The molecule has 184 valence electrons. The van der Waals surface area contributed by atoms with Crippen molar-refractivity contribution in [1.29, 1.82) is 0 Å². The number of aryl methyl sites for hydroxylation is 1. The molecule has 4 aromatic carbocycles. The molecule has 4 aromatic rings. The Morgan fingerprint density at radius 1 is 0.889 bits per heavy atom. The third-order valence-corrected chi connectivity index (χ3v) is 7.35. The van der Waals surface area contributed by atoms with E-state index in [-0.39, 0.29) is 12.1 Å². The highest BCUT2D eigenvalue weighted by molar-refractivity contribution is 7.92. The molecule has 8 heteroatoms. The van der Waals surface area contributed by atoms with Crippen LogP contribution in [0.4, 0.5) is 15.8 Å². The van der Waals surface area contributed by atoms with Crippen molar-refractivity contribution in [3.05, 3.63) is 114 Å². The second-order valence-corrected chi connectivity index (χ2v) is 9.88. The first kappa shape index (κ1) is 24.9. The molecule has 0 saturated heterocycles. The van der Waals surface area contributed by atoms with Crippen LogP contribution in [-0.4, -0.2) is 20.9 Å². The van der Waals surface area contributed by atoms with Gasteiger partial charge >= 0.3 is 0 Å². The summed E-state index contributed by atoms with van der Waals surface area (Å²) in [5.74, 6) is -0.229. The Hall–Kier alpha value is -4.17. The van der Waals surface area contributed by atoms with E-state index in [0.29, 0.717) is 22.9 Å². The minimum Gasteiger partial charge on any atom is -0.457 e. The van der Waals surface area contributed by atoms with Crippen LogP contribution in [0.15, 0.2) is 102 Å². The largest absolute Gasteiger partial charge is 0.457 e. The molecule has 0 aromatic heterocycles. The zero-order valence-corrected chi connectivity index (χ0v) is 20.6. The normalized spacial score (nSPS) is 11.1. The number of hydrogen-bond acceptors (Lipinski definition) is 4. The van der Waals surface area contributed by atoms with Gasteiger partial charge in [0.05, 0.1) is 5.69 Å². The molecule has 0 saturated carbocycles. The lowest BCUT2D eigenvalue weighted by molar-refractivity contribution is 0.102. The number of para-hydroxylation sites is 1. The number of rotatable bonds is 8. The van der Waals surface area contributed by atoms with Gasteiger partial charge in [-0.3, -0.25) is 9.10 Å². The van der Waals surface area contributed by atoms with Gasteiger partial charge in [-0.25, -0.2) is 12.8 Å². The maximum absolute atomic E-state index is 14.7. The van der Waals surface area contributed by atoms with Gasteiger partial charge in [0.25, 0.3) is 15.9 Å². The van der Waals surface area contributed by atoms with E-state index in [1.807, 2.05) is 43.3 Å². The van der Waals surface area contributed by atoms with Crippen LogP contribution in [0.1, 0.15) is 22.8 Å². The quantitative estimate of drug-likeness (QED) is 0.302. The van der Waals surface area contributed by atoms with Gasteiger partial charge in [-0.15, -0.1) is 0 Å². The lowest BCUT2D eigenvalue weighted by Gasteiger charge is -2.23. The highest BCUT2D eigenvalue weighted by Gasteiger charge is 2.28. The van der Waals surface area contributed by atoms with Crippen molar-refractivity contribution >= 4 is 27.3 Å². The number of nitrogens with zero attached hydrogens (tertiary/aromatic N) is 1. The Morgan fingerprint density at radius 3 is 2.25 bits per heavy atom. The van der Waals surface area contributed by atoms with Crippen LogP contribution < -0.4 is 14.4 Å². The number of carbonyl (C=O) groups is 1. The third kappa shape index (κ3) is 5.55. The van der Waals surface area contributed by atoms with Crippen LogP contribution >= 0.6 is 0 Å². The molecule has 1 amide bonds. The Bertz CT molecular complexity index is 1470. The Labute approximate surface area is 210 Å². The molecule has 36 heavy (non-hydrogen) atoms. The van der Waals surface area contributed by atoms with Crippen LogP contribution in [-0.2, 0) is 10.0 Å². The predicted octanol–water partition coefficient (Wildman–Crippen LogP) is 6.39. The van der Waals surface area contributed by atoms with Crippen molar-refractivity contribution in [2.75, 3.05) is 16.2 Å². The average molecular weight is 505 g/mol. The van der Waals surface area contributed by atoms with E-state index in [2.05, 4.69) is 5.32 Å². The summed E-state index contributed by atoms with van der Waals surface area (Å²) in [7, 11) is -4.25. The summed E-state index contributed by atoms with van der Waals surface area (Å²) < 4.78 is 48.3. The fraction of sp³-hybridized carbons (Fsp3) is 0.107. The van der Waals surface area contributed by atoms with Gasteiger partial charge in [0, 0.05) is 17.8 Å². The fourth-order valence-corrected chi connectivity index (χ4v) is 5.23. The number of ether oxygens (including phenoxy) is 1. The first-order chi connectivity index (χ1) is 17.3. The maximum atomic E-state index is 14.7. The van der Waals surface area contributed by atoms with E-state index in [1.54, 1.807) is 49.4 Å². The SMILES string of the molecule is CCN(c1cccc(C)c1)S(=O)(=O)c1cc(C(=O)Nc2ccc(Oc3ccccc3)cc2)ccc1F. The highest BCUT2D eigenvalue weighted by atomic mass is 32.2. The van der Waals surface area contributed by atoms with Gasteiger partial charge < -0.3 is 10.1 Å². The molecule has 4 rings (SSSR count). The Balaban J connectivity index is 1.54.